The number of hydrogen-bond acceptors (Lipinski definition) is 7. The van der Waals surface area contributed by atoms with E-state index in [9.17, 15) is 14.0 Å². The van der Waals surface area contributed by atoms with Gasteiger partial charge in [-0.05, 0) is 52.7 Å². The molecule has 1 atom stereocenters. The minimum atomic E-state index is -0.610. The Balaban J connectivity index is 1.30. The maximum atomic E-state index is 14.4. The van der Waals surface area contributed by atoms with Crippen LogP contribution in [0.1, 0.15) is 46.2 Å². The van der Waals surface area contributed by atoms with E-state index < -0.39 is 29.2 Å². The van der Waals surface area contributed by atoms with E-state index in [1.54, 1.807) is 30.0 Å². The first-order valence-corrected chi connectivity index (χ1v) is 12.8. The first kappa shape index (κ1) is 25.5. The quantitative estimate of drug-likeness (QED) is 0.647. The maximum absolute atomic E-state index is 14.4. The van der Waals surface area contributed by atoms with Gasteiger partial charge in [0.2, 0.25) is 0 Å². The first-order chi connectivity index (χ1) is 16.5. The number of thiazole rings is 1. The Morgan fingerprint density at radius 3 is 2.71 bits per heavy atom. The van der Waals surface area contributed by atoms with Crippen molar-refractivity contribution in [3.05, 3.63) is 41.2 Å². The van der Waals surface area contributed by atoms with Crippen molar-refractivity contribution in [2.24, 2.45) is 0 Å². The van der Waals surface area contributed by atoms with Crippen molar-refractivity contribution in [1.29, 1.82) is 0 Å². The van der Waals surface area contributed by atoms with Crippen molar-refractivity contribution in [3.8, 4) is 0 Å². The molecular weight excluding hydrogens is 471 g/mol. The largest absolute Gasteiger partial charge is 0.444 e. The summed E-state index contributed by atoms with van der Waals surface area (Å²) in [6, 6.07) is 6.40. The Bertz CT molecular complexity index is 1060. The van der Waals surface area contributed by atoms with Crippen LogP contribution in [-0.4, -0.2) is 65.4 Å². The number of nitrogens with one attached hydrogen (secondary N) is 1. The van der Waals surface area contributed by atoms with Crippen molar-refractivity contribution < 1.29 is 23.5 Å². The number of rotatable bonds is 5. The number of carbonyl (C=O) groups is 2. The lowest BCUT2D eigenvalue weighted by Crippen LogP contribution is -2.61. The molecule has 1 aromatic carbocycles. The number of piperidine rings is 1. The Labute approximate surface area is 209 Å². The number of amides is 2. The number of likely N-dealkylation sites (tertiary alicyclic amines) is 1. The van der Waals surface area contributed by atoms with Gasteiger partial charge in [0.1, 0.15) is 17.5 Å². The van der Waals surface area contributed by atoms with E-state index in [4.69, 9.17) is 9.47 Å². The summed E-state index contributed by atoms with van der Waals surface area (Å²) in [6.45, 7) is 10.0. The fourth-order valence-corrected chi connectivity index (χ4v) is 5.26. The van der Waals surface area contributed by atoms with Crippen LogP contribution in [0.15, 0.2) is 29.6 Å². The van der Waals surface area contributed by atoms with Crippen molar-refractivity contribution >= 4 is 34.2 Å². The highest BCUT2D eigenvalue weighted by molar-refractivity contribution is 7.13. The highest BCUT2D eigenvalue weighted by Gasteiger charge is 2.46. The van der Waals surface area contributed by atoms with Crippen LogP contribution in [0.25, 0.3) is 0 Å². The monoisotopic (exact) mass is 504 g/mol. The molecule has 2 saturated heterocycles. The molecule has 0 saturated carbocycles. The molecular formula is C25H33FN4O4S. The molecule has 4 rings (SSSR count). The molecule has 1 unspecified atom stereocenters. The zero-order valence-electron chi connectivity index (χ0n) is 20.7. The van der Waals surface area contributed by atoms with Gasteiger partial charge < -0.3 is 19.3 Å². The average molecular weight is 505 g/mol. The standard InChI is InChI=1S/C25H33FN4O4S/c1-17-21(31)30(20-8-6-5-7-19(20)26)16-25(33-17)10-13-29(14-11-25)12-9-18-15-35-22(27-18)28-23(32)34-24(2,3)4/h5-8,15,17H,9-14,16H2,1-4H3,(H,27,28,32). The summed E-state index contributed by atoms with van der Waals surface area (Å²) in [5.74, 6) is -0.603. The number of benzene rings is 1. The number of morpholine rings is 1. The summed E-state index contributed by atoms with van der Waals surface area (Å²) < 4.78 is 25.9. The number of halogens is 1. The van der Waals surface area contributed by atoms with E-state index in [-0.39, 0.29) is 5.91 Å². The van der Waals surface area contributed by atoms with Gasteiger partial charge in [0, 0.05) is 31.4 Å². The zero-order chi connectivity index (χ0) is 25.2. The predicted octanol–water partition coefficient (Wildman–Crippen LogP) is 4.46. The Hall–Kier alpha value is -2.56. The normalized spacial score (nSPS) is 20.8. The lowest BCUT2D eigenvalue weighted by atomic mass is 9.88. The first-order valence-electron chi connectivity index (χ1n) is 11.9. The number of nitrogens with zero attached hydrogens (tertiary/aromatic N) is 3. The summed E-state index contributed by atoms with van der Waals surface area (Å²) in [6.07, 6.45) is 1.16. The Kier molecular flexibility index (Phi) is 7.44. The average Bonchev–Trinajstić information content (AvgIpc) is 3.22. The van der Waals surface area contributed by atoms with Crippen LogP contribution in [0.3, 0.4) is 0 Å². The molecule has 2 amide bonds. The molecule has 0 bridgehead atoms. The summed E-state index contributed by atoms with van der Waals surface area (Å²) in [5.41, 5.74) is 0.195. The van der Waals surface area contributed by atoms with E-state index in [2.05, 4.69) is 15.2 Å². The molecule has 10 heteroatoms. The summed E-state index contributed by atoms with van der Waals surface area (Å²) in [7, 11) is 0. The molecule has 0 aliphatic carbocycles. The second-order valence-corrected chi connectivity index (χ2v) is 11.0. The molecule has 2 aromatic rings. The summed E-state index contributed by atoms with van der Waals surface area (Å²) in [5, 5.41) is 5.15. The van der Waals surface area contributed by atoms with E-state index in [1.807, 2.05) is 26.2 Å². The second kappa shape index (κ2) is 10.2. The minimum absolute atomic E-state index is 0.206. The van der Waals surface area contributed by atoms with Gasteiger partial charge in [-0.25, -0.2) is 14.2 Å². The number of ether oxygens (including phenoxy) is 2. The Morgan fingerprint density at radius 1 is 1.31 bits per heavy atom. The molecule has 0 radical (unpaired) electrons. The third kappa shape index (κ3) is 6.36. The van der Waals surface area contributed by atoms with Crippen molar-refractivity contribution in [1.82, 2.24) is 9.88 Å². The number of anilines is 2. The second-order valence-electron chi connectivity index (χ2n) is 10.2. The molecule has 2 aliphatic rings. The highest BCUT2D eigenvalue weighted by atomic mass is 32.1. The number of hydrogen-bond donors (Lipinski definition) is 1. The van der Waals surface area contributed by atoms with Gasteiger partial charge in [0.05, 0.1) is 23.5 Å². The van der Waals surface area contributed by atoms with Gasteiger partial charge in [-0.15, -0.1) is 11.3 Å². The fourth-order valence-electron chi connectivity index (χ4n) is 4.53. The molecule has 1 spiro atoms. The topological polar surface area (TPSA) is 84.0 Å². The maximum Gasteiger partial charge on any atom is 0.413 e. The molecule has 8 nitrogen and oxygen atoms in total. The summed E-state index contributed by atoms with van der Waals surface area (Å²) >= 11 is 1.38. The number of carbonyl (C=O) groups excluding carboxylic acids is 2. The van der Waals surface area contributed by atoms with Crippen molar-refractivity contribution in [2.45, 2.75) is 64.3 Å². The third-order valence-corrected chi connectivity index (χ3v) is 7.05. The Morgan fingerprint density at radius 2 is 2.03 bits per heavy atom. The van der Waals surface area contributed by atoms with Gasteiger partial charge in [0.15, 0.2) is 5.13 Å². The van der Waals surface area contributed by atoms with E-state index in [1.165, 1.54) is 17.4 Å². The minimum Gasteiger partial charge on any atom is -0.444 e. The van der Waals surface area contributed by atoms with Crippen LogP contribution in [0.2, 0.25) is 0 Å². The van der Waals surface area contributed by atoms with Crippen LogP contribution in [0.5, 0.6) is 0 Å². The van der Waals surface area contributed by atoms with E-state index in [0.29, 0.717) is 17.4 Å². The third-order valence-electron chi connectivity index (χ3n) is 6.24. The van der Waals surface area contributed by atoms with Gasteiger partial charge >= 0.3 is 6.09 Å². The molecule has 1 N–H and O–H groups in total. The van der Waals surface area contributed by atoms with Gasteiger partial charge in [-0.1, -0.05) is 12.1 Å². The van der Waals surface area contributed by atoms with Crippen LogP contribution < -0.4 is 10.2 Å². The molecule has 1 aromatic heterocycles. The van der Waals surface area contributed by atoms with E-state index >= 15 is 0 Å². The number of aromatic nitrogens is 1. The van der Waals surface area contributed by atoms with Crippen LogP contribution in [-0.2, 0) is 20.7 Å². The summed E-state index contributed by atoms with van der Waals surface area (Å²) in [4.78, 5) is 33.1. The fraction of sp³-hybridized carbons (Fsp3) is 0.560. The van der Waals surface area contributed by atoms with Crippen LogP contribution in [0.4, 0.5) is 20.0 Å². The van der Waals surface area contributed by atoms with E-state index in [0.717, 1.165) is 44.6 Å². The molecule has 190 valence electrons. The van der Waals surface area contributed by atoms with Crippen molar-refractivity contribution in [2.75, 3.05) is 36.4 Å². The number of para-hydroxylation sites is 1. The molecule has 2 aliphatic heterocycles. The highest BCUT2D eigenvalue weighted by Crippen LogP contribution is 2.35. The van der Waals surface area contributed by atoms with Gasteiger partial charge in [-0.2, -0.15) is 0 Å². The van der Waals surface area contributed by atoms with Gasteiger partial charge in [-0.3, -0.25) is 10.1 Å². The van der Waals surface area contributed by atoms with Crippen LogP contribution in [0, 0.1) is 5.82 Å². The molecule has 2 fully saturated rings. The van der Waals surface area contributed by atoms with Crippen LogP contribution >= 0.6 is 11.3 Å². The lowest BCUT2D eigenvalue weighted by molar-refractivity contribution is -0.161. The smallest absolute Gasteiger partial charge is 0.413 e. The van der Waals surface area contributed by atoms with Gasteiger partial charge in [0.25, 0.3) is 5.91 Å². The van der Waals surface area contributed by atoms with Crippen molar-refractivity contribution in [3.63, 3.8) is 0 Å². The lowest BCUT2D eigenvalue weighted by Gasteiger charge is -2.49. The predicted molar refractivity (Wildman–Crippen MR) is 133 cm³/mol. The zero-order valence-corrected chi connectivity index (χ0v) is 21.5. The molecule has 35 heavy (non-hydrogen) atoms. The SMILES string of the molecule is CC1OC2(CCN(CCc3csc(NC(=O)OC(C)(C)C)n3)CC2)CN(c2ccccc2F)C1=O. The molecule has 3 heterocycles.